The van der Waals surface area contributed by atoms with Gasteiger partial charge in [0.2, 0.25) is 0 Å². The minimum atomic E-state index is -0.792. The summed E-state index contributed by atoms with van der Waals surface area (Å²) in [6, 6.07) is 8.53. The van der Waals surface area contributed by atoms with Crippen molar-refractivity contribution in [2.45, 2.75) is 58.3 Å². The van der Waals surface area contributed by atoms with Crippen LogP contribution in [0.15, 0.2) is 30.3 Å². The fraction of sp³-hybridized carbons (Fsp3) is 0.571. The number of amides is 1. The third-order valence-corrected chi connectivity index (χ3v) is 5.21. The molecule has 0 bridgehead atoms. The lowest BCUT2D eigenvalue weighted by Gasteiger charge is -2.29. The summed E-state index contributed by atoms with van der Waals surface area (Å²) in [6.45, 7) is 3.80. The van der Waals surface area contributed by atoms with Crippen molar-refractivity contribution in [2.75, 3.05) is 4.61 Å². The number of benzene rings is 1. The lowest BCUT2D eigenvalue weighted by molar-refractivity contribution is -0.156. The summed E-state index contributed by atoms with van der Waals surface area (Å²) in [5.41, 5.74) is 0.865. The maximum absolute atomic E-state index is 12.6. The molecule has 1 aromatic rings. The first-order valence-corrected chi connectivity index (χ1v) is 11.3. The molecule has 1 N–H and O–H groups in total. The van der Waals surface area contributed by atoms with Gasteiger partial charge in [-0.15, -0.1) is 0 Å². The van der Waals surface area contributed by atoms with Crippen molar-refractivity contribution in [3.63, 3.8) is 0 Å². The van der Waals surface area contributed by atoms with Crippen molar-refractivity contribution in [3.05, 3.63) is 35.9 Å². The molecule has 1 saturated carbocycles. The normalized spacial score (nSPS) is 19.9. The zero-order valence-electron chi connectivity index (χ0n) is 16.8. The second-order valence-electron chi connectivity index (χ2n) is 7.41. The summed E-state index contributed by atoms with van der Waals surface area (Å²) >= 11 is 1.99. The van der Waals surface area contributed by atoms with E-state index in [-0.39, 0.29) is 30.5 Å². The molecule has 160 valence electrons. The van der Waals surface area contributed by atoms with Gasteiger partial charge in [-0.2, -0.15) is 0 Å². The monoisotopic (exact) mass is 517 g/mol. The first-order chi connectivity index (χ1) is 13.9. The molecule has 0 spiro atoms. The van der Waals surface area contributed by atoms with Crippen LogP contribution in [0.3, 0.4) is 0 Å². The quantitative estimate of drug-likeness (QED) is 0.243. The fourth-order valence-electron chi connectivity index (χ4n) is 3.22. The maximum Gasteiger partial charge on any atom is 0.408 e. The van der Waals surface area contributed by atoms with Gasteiger partial charge in [0, 0.05) is 0 Å². The van der Waals surface area contributed by atoms with Crippen LogP contribution in [0.25, 0.3) is 0 Å². The Kier molecular flexibility index (Phi) is 9.69. The molecule has 1 fully saturated rings. The molecule has 0 aliphatic heterocycles. The van der Waals surface area contributed by atoms with E-state index in [1.807, 2.05) is 66.8 Å². The minimum absolute atomic E-state index is 0.129. The highest BCUT2D eigenvalue weighted by Gasteiger charge is 2.32. The number of hydrogen-bond acceptors (Lipinski definition) is 6. The van der Waals surface area contributed by atoms with Gasteiger partial charge in [-0.1, -0.05) is 44.2 Å². The number of halogens is 1. The molecule has 0 heterocycles. The minimum Gasteiger partial charge on any atom is -0.461 e. The highest BCUT2D eigenvalue weighted by Crippen LogP contribution is 2.28. The Morgan fingerprint density at radius 2 is 1.72 bits per heavy atom. The molecular formula is C21H28INO6. The zero-order valence-corrected chi connectivity index (χ0v) is 18.9. The largest absolute Gasteiger partial charge is 0.461 e. The van der Waals surface area contributed by atoms with Gasteiger partial charge in [0.05, 0.1) is 5.92 Å². The lowest BCUT2D eigenvalue weighted by Crippen LogP contribution is -2.46. The Morgan fingerprint density at radius 3 is 2.31 bits per heavy atom. The number of carbonyl (C=O) groups excluding carboxylic acids is 3. The standard InChI is InChI=1S/C21H28INO6/c1-14(2)18(23-21(26)27-12-15-6-4-3-5-7-15)20(25)29-17-10-8-16(9-11-17)19(24)28-13-22/h3-7,14,16-18H,8-13H2,1-2H3,(H,23,26)/t16?,17?,18-/m0/s1. The van der Waals surface area contributed by atoms with E-state index < -0.39 is 18.1 Å². The number of rotatable bonds is 8. The van der Waals surface area contributed by atoms with Crippen LogP contribution in [-0.2, 0) is 30.4 Å². The van der Waals surface area contributed by atoms with Crippen LogP contribution >= 0.6 is 22.6 Å². The van der Waals surface area contributed by atoms with Crippen LogP contribution in [0.2, 0.25) is 0 Å². The van der Waals surface area contributed by atoms with Crippen LogP contribution in [0.5, 0.6) is 0 Å². The lowest BCUT2D eigenvalue weighted by atomic mass is 9.87. The summed E-state index contributed by atoms with van der Waals surface area (Å²) in [5.74, 6) is -0.949. The smallest absolute Gasteiger partial charge is 0.408 e. The first-order valence-electron chi connectivity index (χ1n) is 9.81. The average Bonchev–Trinajstić information content (AvgIpc) is 2.71. The van der Waals surface area contributed by atoms with Crippen molar-refractivity contribution in [1.82, 2.24) is 5.32 Å². The molecule has 1 atom stereocenters. The summed E-state index contributed by atoms with van der Waals surface area (Å²) in [6.07, 6.45) is 1.56. The van der Waals surface area contributed by atoms with Crippen LogP contribution in [0, 0.1) is 11.8 Å². The third kappa shape index (κ3) is 7.83. The second kappa shape index (κ2) is 12.0. The van der Waals surface area contributed by atoms with E-state index in [0.29, 0.717) is 30.3 Å². The van der Waals surface area contributed by atoms with Crippen molar-refractivity contribution in [2.24, 2.45) is 11.8 Å². The second-order valence-corrected chi connectivity index (χ2v) is 8.03. The summed E-state index contributed by atoms with van der Waals surface area (Å²) < 4.78 is 16.2. The zero-order chi connectivity index (χ0) is 21.2. The molecule has 0 aromatic heterocycles. The molecule has 1 aromatic carbocycles. The molecule has 29 heavy (non-hydrogen) atoms. The molecule has 1 aliphatic rings. The van der Waals surface area contributed by atoms with Gasteiger partial charge in [-0.05, 0) is 59.8 Å². The van der Waals surface area contributed by atoms with Crippen LogP contribution in [-0.4, -0.2) is 34.8 Å². The van der Waals surface area contributed by atoms with Crippen molar-refractivity contribution < 1.29 is 28.6 Å². The van der Waals surface area contributed by atoms with Gasteiger partial charge in [0.15, 0.2) is 0 Å². The molecule has 0 radical (unpaired) electrons. The highest BCUT2D eigenvalue weighted by atomic mass is 127. The van der Waals surface area contributed by atoms with E-state index in [0.717, 1.165) is 5.56 Å². The Balaban J connectivity index is 1.80. The number of alkyl halides is 1. The van der Waals surface area contributed by atoms with Crippen molar-refractivity contribution in [1.29, 1.82) is 0 Å². The number of ether oxygens (including phenoxy) is 3. The molecule has 0 saturated heterocycles. The number of esters is 2. The van der Waals surface area contributed by atoms with Gasteiger partial charge in [-0.25, -0.2) is 9.59 Å². The Hall–Kier alpha value is -1.84. The van der Waals surface area contributed by atoms with E-state index in [1.165, 1.54) is 0 Å². The number of hydrogen-bond donors (Lipinski definition) is 1. The Labute approximate surface area is 185 Å². The molecular weight excluding hydrogens is 489 g/mol. The van der Waals surface area contributed by atoms with Gasteiger partial charge in [0.1, 0.15) is 23.4 Å². The van der Waals surface area contributed by atoms with Crippen molar-refractivity contribution in [3.8, 4) is 0 Å². The highest BCUT2D eigenvalue weighted by molar-refractivity contribution is 14.1. The maximum atomic E-state index is 12.6. The van der Waals surface area contributed by atoms with Gasteiger partial charge in [-0.3, -0.25) is 4.79 Å². The summed E-state index contributed by atoms with van der Waals surface area (Å²) in [4.78, 5) is 36.5. The van der Waals surface area contributed by atoms with Gasteiger partial charge >= 0.3 is 18.0 Å². The van der Waals surface area contributed by atoms with Gasteiger partial charge in [0.25, 0.3) is 0 Å². The number of nitrogens with one attached hydrogen (secondary N) is 1. The fourth-order valence-corrected chi connectivity index (χ4v) is 3.52. The molecule has 7 nitrogen and oxygen atoms in total. The van der Waals surface area contributed by atoms with E-state index in [2.05, 4.69) is 5.32 Å². The van der Waals surface area contributed by atoms with Crippen LogP contribution < -0.4 is 5.32 Å². The average molecular weight is 517 g/mol. The van der Waals surface area contributed by atoms with E-state index in [1.54, 1.807) is 0 Å². The topological polar surface area (TPSA) is 90.9 Å². The van der Waals surface area contributed by atoms with E-state index in [9.17, 15) is 14.4 Å². The number of carbonyl (C=O) groups is 3. The summed E-state index contributed by atoms with van der Waals surface area (Å²) in [7, 11) is 0. The first kappa shape index (κ1) is 23.4. The molecule has 1 amide bonds. The van der Waals surface area contributed by atoms with E-state index >= 15 is 0 Å². The van der Waals surface area contributed by atoms with Crippen LogP contribution in [0.1, 0.15) is 45.1 Å². The third-order valence-electron chi connectivity index (χ3n) is 4.89. The molecule has 0 unspecified atom stereocenters. The van der Waals surface area contributed by atoms with Crippen molar-refractivity contribution >= 4 is 40.6 Å². The predicted molar refractivity (Wildman–Crippen MR) is 115 cm³/mol. The Morgan fingerprint density at radius 1 is 1.07 bits per heavy atom. The molecule has 1 aliphatic carbocycles. The molecule has 2 rings (SSSR count). The molecule has 8 heteroatoms. The summed E-state index contributed by atoms with van der Waals surface area (Å²) in [5, 5.41) is 2.61. The SMILES string of the molecule is CC(C)[C@H](NC(=O)OCc1ccccc1)C(=O)OC1CCC(C(=O)OCI)CC1. The van der Waals surface area contributed by atoms with Crippen LogP contribution in [0.4, 0.5) is 4.79 Å². The van der Waals surface area contributed by atoms with Gasteiger partial charge < -0.3 is 19.5 Å². The number of alkyl carbamates (subject to hydrolysis) is 1. The predicted octanol–water partition coefficient (Wildman–Crippen LogP) is 3.98. The Bertz CT molecular complexity index is 673. The van der Waals surface area contributed by atoms with E-state index in [4.69, 9.17) is 14.2 Å².